The first-order valence-corrected chi connectivity index (χ1v) is 18.6. The smallest absolute Gasteiger partial charge is 0.351 e. The number of halogens is 1. The number of hydrogen-bond acceptors (Lipinski definition) is 11. The lowest BCUT2D eigenvalue weighted by Crippen LogP contribution is -2.51. The lowest BCUT2D eigenvalue weighted by atomic mass is 9.79. The number of benzene rings is 4. The van der Waals surface area contributed by atoms with Gasteiger partial charge in [0, 0.05) is 17.3 Å². The van der Waals surface area contributed by atoms with Crippen molar-refractivity contribution in [3.63, 3.8) is 0 Å². The standard InChI is InChI=1S/C43H39ClN6O7/c1-27-24-49(41(53)48-37(27)47-38(52)28-10-6-4-7-11-28)39-35-36(51)42(57-39,25-50(35)40-45-22-32(44)23-46-40)26-56-43(29-12-8-5-9-13-29,30-14-18-33(54-2)19-15-30)31-16-20-34(55-3)21-17-31/h4-24,35-36,39,51H,25-26H2,1-3H3,(H,47,48,52,53)/t35-,36+,39-,42-/m1/s1. The quantitative estimate of drug-likeness (QED) is 0.145. The number of aliphatic hydroxyl groups excluding tert-OH is 1. The summed E-state index contributed by atoms with van der Waals surface area (Å²) >= 11 is 6.18. The number of nitrogens with zero attached hydrogens (tertiary/aromatic N) is 5. The number of aromatic nitrogens is 4. The van der Waals surface area contributed by atoms with E-state index in [0.717, 1.165) is 16.7 Å². The van der Waals surface area contributed by atoms with Crippen LogP contribution in [0.5, 0.6) is 11.5 Å². The summed E-state index contributed by atoms with van der Waals surface area (Å²) in [7, 11) is 3.22. The van der Waals surface area contributed by atoms with Crippen LogP contribution in [-0.2, 0) is 15.1 Å². The third-order valence-corrected chi connectivity index (χ3v) is 10.7. The molecule has 2 bridgehead atoms. The molecule has 4 atom stereocenters. The Morgan fingerprint density at radius 1 is 0.895 bits per heavy atom. The zero-order chi connectivity index (χ0) is 39.7. The first kappa shape index (κ1) is 37.8. The predicted molar refractivity (Wildman–Crippen MR) is 213 cm³/mol. The highest BCUT2D eigenvalue weighted by atomic mass is 35.5. The number of carbonyl (C=O) groups excluding carboxylic acids is 1. The number of hydrogen-bond donors (Lipinski definition) is 2. The molecule has 14 heteroatoms. The average Bonchev–Trinajstić information content (AvgIpc) is 3.69. The molecule has 4 aromatic carbocycles. The first-order chi connectivity index (χ1) is 27.7. The van der Waals surface area contributed by atoms with Crippen molar-refractivity contribution in [1.82, 2.24) is 19.5 Å². The van der Waals surface area contributed by atoms with Gasteiger partial charge in [-0.15, -0.1) is 0 Å². The fourth-order valence-electron chi connectivity index (χ4n) is 7.69. The van der Waals surface area contributed by atoms with E-state index in [-0.39, 0.29) is 24.9 Å². The Morgan fingerprint density at radius 3 is 2.04 bits per heavy atom. The average molecular weight is 787 g/mol. The summed E-state index contributed by atoms with van der Waals surface area (Å²) in [5.74, 6) is 1.32. The van der Waals surface area contributed by atoms with Gasteiger partial charge in [0.25, 0.3) is 5.91 Å². The van der Waals surface area contributed by atoms with Gasteiger partial charge in [0.15, 0.2) is 6.23 Å². The van der Waals surface area contributed by atoms with Crippen LogP contribution in [0.3, 0.4) is 0 Å². The summed E-state index contributed by atoms with van der Waals surface area (Å²) in [5.41, 5.74) is -0.0311. The third kappa shape index (κ3) is 6.88. The molecule has 0 aliphatic carbocycles. The SMILES string of the molecule is COc1ccc(C(OC[C@@]23CN(c4ncc(Cl)cn4)[C@@H]([C@H](n4cc(C)c(NC(=O)c5ccccc5)nc4=O)O2)[C@@H]3O)(c2ccccc2)c2ccc(OC)cc2)cc1. The molecule has 2 aromatic heterocycles. The summed E-state index contributed by atoms with van der Waals surface area (Å²) in [6, 6.07) is 32.8. The van der Waals surface area contributed by atoms with Crippen LogP contribution in [0, 0.1) is 6.92 Å². The number of fused-ring (bicyclic) bond motifs is 2. The molecule has 57 heavy (non-hydrogen) atoms. The summed E-state index contributed by atoms with van der Waals surface area (Å²) < 4.78 is 26.4. The molecule has 8 rings (SSSR count). The van der Waals surface area contributed by atoms with Crippen molar-refractivity contribution >= 4 is 29.3 Å². The van der Waals surface area contributed by atoms with Crippen molar-refractivity contribution in [2.45, 2.75) is 36.5 Å². The number of nitrogens with one attached hydrogen (secondary N) is 1. The maximum atomic E-state index is 13.9. The van der Waals surface area contributed by atoms with Crippen LogP contribution < -0.4 is 25.4 Å². The Morgan fingerprint density at radius 2 is 1.46 bits per heavy atom. The van der Waals surface area contributed by atoms with E-state index in [4.69, 9.17) is 30.5 Å². The minimum atomic E-state index is -1.41. The van der Waals surface area contributed by atoms with E-state index in [2.05, 4.69) is 20.3 Å². The van der Waals surface area contributed by atoms with Gasteiger partial charge in [-0.1, -0.05) is 84.4 Å². The van der Waals surface area contributed by atoms with Gasteiger partial charge in [-0.05, 0) is 60.0 Å². The fraction of sp³-hybridized carbons (Fsp3) is 0.233. The summed E-state index contributed by atoms with van der Waals surface area (Å²) in [6.45, 7) is 1.69. The highest BCUT2D eigenvalue weighted by molar-refractivity contribution is 6.30. The fourth-order valence-corrected chi connectivity index (χ4v) is 7.79. The first-order valence-electron chi connectivity index (χ1n) is 18.2. The summed E-state index contributed by atoms with van der Waals surface area (Å²) in [6.07, 6.45) is 2.23. The van der Waals surface area contributed by atoms with Gasteiger partial charge < -0.3 is 34.3 Å². The van der Waals surface area contributed by atoms with Gasteiger partial charge >= 0.3 is 5.69 Å². The van der Waals surface area contributed by atoms with Crippen molar-refractivity contribution in [3.8, 4) is 11.5 Å². The highest BCUT2D eigenvalue weighted by Crippen LogP contribution is 2.50. The maximum Gasteiger partial charge on any atom is 0.351 e. The number of morpholine rings is 1. The maximum absolute atomic E-state index is 13.9. The number of methoxy groups -OCH3 is 2. The molecular formula is C43H39ClN6O7. The molecule has 2 fully saturated rings. The molecule has 2 N–H and O–H groups in total. The van der Waals surface area contributed by atoms with Crippen molar-refractivity contribution in [2.24, 2.45) is 0 Å². The zero-order valence-corrected chi connectivity index (χ0v) is 32.0. The molecule has 2 aliphatic heterocycles. The molecule has 0 radical (unpaired) electrons. The Hall–Kier alpha value is -6.12. The van der Waals surface area contributed by atoms with E-state index < -0.39 is 41.2 Å². The number of rotatable bonds is 12. The Balaban J connectivity index is 1.21. The van der Waals surface area contributed by atoms with Crippen LogP contribution in [-0.4, -0.2) is 75.7 Å². The molecular weight excluding hydrogens is 748 g/mol. The summed E-state index contributed by atoms with van der Waals surface area (Å²) in [4.78, 5) is 41.9. The van der Waals surface area contributed by atoms with Gasteiger partial charge in [0.1, 0.15) is 40.7 Å². The number of aryl methyl sites for hydroxylation is 1. The zero-order valence-electron chi connectivity index (χ0n) is 31.3. The van der Waals surface area contributed by atoms with Crippen molar-refractivity contribution in [3.05, 3.63) is 171 Å². The van der Waals surface area contributed by atoms with E-state index in [1.165, 1.54) is 17.0 Å². The molecule has 6 aromatic rings. The van der Waals surface area contributed by atoms with Gasteiger partial charge in [-0.25, -0.2) is 14.8 Å². The normalized spacial score (nSPS) is 20.0. The monoisotopic (exact) mass is 786 g/mol. The van der Waals surface area contributed by atoms with E-state index in [1.54, 1.807) is 62.6 Å². The predicted octanol–water partition coefficient (Wildman–Crippen LogP) is 5.79. The number of amides is 1. The largest absolute Gasteiger partial charge is 0.497 e. The van der Waals surface area contributed by atoms with Crippen LogP contribution >= 0.6 is 11.6 Å². The van der Waals surface area contributed by atoms with Crippen LogP contribution in [0.4, 0.5) is 11.8 Å². The number of anilines is 2. The van der Waals surface area contributed by atoms with E-state index in [9.17, 15) is 14.7 Å². The van der Waals surface area contributed by atoms with Crippen LogP contribution in [0.25, 0.3) is 0 Å². The van der Waals surface area contributed by atoms with Crippen molar-refractivity contribution in [1.29, 1.82) is 0 Å². The van der Waals surface area contributed by atoms with Gasteiger partial charge in [0.05, 0.1) is 44.8 Å². The molecule has 13 nitrogen and oxygen atoms in total. The van der Waals surface area contributed by atoms with E-state index in [0.29, 0.717) is 27.6 Å². The van der Waals surface area contributed by atoms with E-state index in [1.807, 2.05) is 78.9 Å². The second-order valence-electron chi connectivity index (χ2n) is 13.9. The van der Waals surface area contributed by atoms with Crippen molar-refractivity contribution in [2.75, 3.05) is 37.6 Å². The topological polar surface area (TPSA) is 150 Å². The van der Waals surface area contributed by atoms with E-state index >= 15 is 0 Å². The van der Waals surface area contributed by atoms with Crippen molar-refractivity contribution < 1.29 is 28.8 Å². The number of carbonyl (C=O) groups is 1. The molecule has 4 heterocycles. The Kier molecular flexibility index (Phi) is 10.2. The molecule has 0 spiro atoms. The Labute approximate surface area is 333 Å². The lowest BCUT2D eigenvalue weighted by molar-refractivity contribution is -0.159. The molecule has 0 unspecified atom stereocenters. The molecule has 0 saturated carbocycles. The minimum absolute atomic E-state index is 0.108. The third-order valence-electron chi connectivity index (χ3n) is 10.6. The van der Waals surface area contributed by atoms with Gasteiger partial charge in [-0.2, -0.15) is 4.98 Å². The molecule has 2 saturated heterocycles. The lowest BCUT2D eigenvalue weighted by Gasteiger charge is -2.41. The second-order valence-corrected chi connectivity index (χ2v) is 14.3. The second kappa shape index (κ2) is 15.4. The number of ether oxygens (including phenoxy) is 4. The summed E-state index contributed by atoms with van der Waals surface area (Å²) in [5, 5.41) is 15.4. The van der Waals surface area contributed by atoms with Crippen LogP contribution in [0.15, 0.2) is 133 Å². The van der Waals surface area contributed by atoms with Crippen LogP contribution in [0.2, 0.25) is 5.02 Å². The number of aliphatic hydroxyl groups is 1. The minimum Gasteiger partial charge on any atom is -0.497 e. The molecule has 2 aliphatic rings. The molecule has 1 amide bonds. The Bertz CT molecular complexity index is 2370. The molecule has 290 valence electrons. The van der Waals surface area contributed by atoms with Gasteiger partial charge in [-0.3, -0.25) is 9.36 Å². The van der Waals surface area contributed by atoms with Gasteiger partial charge in [0.2, 0.25) is 5.95 Å². The highest BCUT2D eigenvalue weighted by Gasteiger charge is 2.65. The van der Waals surface area contributed by atoms with Crippen LogP contribution in [0.1, 0.15) is 38.8 Å².